The number of aromatic nitrogens is 16. The smallest absolute Gasteiger partial charge is 0.184 e. The maximum atomic E-state index is 5.90. The van der Waals surface area contributed by atoms with Crippen LogP contribution in [0.4, 0.5) is 0 Å². The molecule has 12 aromatic carbocycles. The average molecular weight is 1800 g/mol. The van der Waals surface area contributed by atoms with E-state index in [1.54, 1.807) is 0 Å². The van der Waals surface area contributed by atoms with E-state index in [0.717, 1.165) is 182 Å². The zero-order valence-electron chi connectivity index (χ0n) is 80.5. The van der Waals surface area contributed by atoms with Crippen LogP contribution in [0.15, 0.2) is 170 Å². The van der Waals surface area contributed by atoms with Gasteiger partial charge in [-0.3, -0.25) is 0 Å². The van der Waals surface area contributed by atoms with Gasteiger partial charge in [-0.05, 0) is 141 Å². The number of nitrogens with one attached hydrogen (secondary N) is 2. The van der Waals surface area contributed by atoms with Crippen molar-refractivity contribution in [3.8, 4) is 46.1 Å². The summed E-state index contributed by atoms with van der Waals surface area (Å²) in [6.07, 6.45) is 55.1. The van der Waals surface area contributed by atoms with Crippen molar-refractivity contribution in [2.24, 2.45) is 0 Å². The van der Waals surface area contributed by atoms with Crippen molar-refractivity contribution in [1.29, 1.82) is 0 Å². The van der Waals surface area contributed by atoms with E-state index in [0.29, 0.717) is 90.7 Å². The molecule has 16 heteroatoms. The molecule has 0 saturated carbocycles. The van der Waals surface area contributed by atoms with Crippen molar-refractivity contribution in [1.82, 2.24) is 79.7 Å². The summed E-state index contributed by atoms with van der Waals surface area (Å²) in [7, 11) is 0. The number of aryl methyl sites for hydroxylation is 4. The molecule has 19 aromatic rings. The Morgan fingerprint density at radius 2 is 0.331 bits per heavy atom. The highest BCUT2D eigenvalue weighted by atomic mass is 15.1. The van der Waals surface area contributed by atoms with Crippen LogP contribution in [0, 0.1) is 0 Å². The molecule has 8 bridgehead atoms. The van der Waals surface area contributed by atoms with E-state index in [-0.39, 0.29) is 0 Å². The lowest BCUT2D eigenvalue weighted by molar-refractivity contribution is 0.556. The van der Waals surface area contributed by atoms with Gasteiger partial charge in [-0.1, -0.05) is 404 Å². The highest BCUT2D eigenvalue weighted by molar-refractivity contribution is 6.28. The molecule has 0 atom stereocenters. The Labute approximate surface area is 798 Å². The molecule has 0 unspecified atom stereocenters. The van der Waals surface area contributed by atoms with Crippen LogP contribution >= 0.6 is 0 Å². The van der Waals surface area contributed by atoms with Gasteiger partial charge >= 0.3 is 0 Å². The first-order valence-electron chi connectivity index (χ1n) is 52.8. The average Bonchev–Trinajstić information content (AvgIpc) is 1.52. The van der Waals surface area contributed by atoms with Crippen molar-refractivity contribution in [3.63, 3.8) is 0 Å². The van der Waals surface area contributed by atoms with Gasteiger partial charge in [-0.15, -0.1) is 0 Å². The largest absolute Gasteiger partial charge is 0.321 e. The third-order valence-corrected chi connectivity index (χ3v) is 29.6. The summed E-state index contributed by atoms with van der Waals surface area (Å²) in [5, 5.41) is 16.8. The second kappa shape index (κ2) is 42.0. The van der Waals surface area contributed by atoms with Gasteiger partial charge in [0, 0.05) is 43.1 Å². The first-order valence-corrected chi connectivity index (χ1v) is 52.8. The van der Waals surface area contributed by atoms with E-state index in [1.807, 2.05) is 0 Å². The zero-order chi connectivity index (χ0) is 91.6. The highest BCUT2D eigenvalue weighted by Gasteiger charge is 2.31. The topological polar surface area (TPSA) is 212 Å². The molecule has 690 valence electrons. The Kier molecular flexibility index (Phi) is 27.8. The molecule has 0 spiro atoms. The second-order valence-corrected chi connectivity index (χ2v) is 39.5. The van der Waals surface area contributed by atoms with E-state index < -0.39 is 0 Å². The Balaban J connectivity index is 0.789. The maximum Gasteiger partial charge on any atom is 0.184 e. The number of H-pyrrole nitrogens is 2. The molecule has 0 radical (unpaired) electrons. The van der Waals surface area contributed by atoms with Crippen LogP contribution in [0.25, 0.3) is 221 Å². The van der Waals surface area contributed by atoms with Crippen LogP contribution in [0.1, 0.15) is 307 Å². The zero-order valence-corrected chi connectivity index (χ0v) is 80.5. The fourth-order valence-corrected chi connectivity index (χ4v) is 22.1. The van der Waals surface area contributed by atoms with Gasteiger partial charge < -0.3 is 9.97 Å². The van der Waals surface area contributed by atoms with Gasteiger partial charge in [0.15, 0.2) is 45.9 Å². The number of fused-ring (bicyclic) bond motifs is 44. The maximum absolute atomic E-state index is 5.90. The lowest BCUT2D eigenvalue weighted by Crippen LogP contribution is -1.96. The van der Waals surface area contributed by atoms with Crippen LogP contribution < -0.4 is 0 Å². The lowest BCUT2D eigenvalue weighted by Gasteiger charge is -2.12. The molecular weight excluding hydrogens is 1670 g/mol. The van der Waals surface area contributed by atoms with E-state index in [1.165, 1.54) is 253 Å². The number of rotatable bonds is 44. The summed E-state index contributed by atoms with van der Waals surface area (Å²) >= 11 is 0. The van der Waals surface area contributed by atoms with Gasteiger partial charge in [0.1, 0.15) is 44.8 Å². The van der Waals surface area contributed by atoms with Gasteiger partial charge in [-0.2, -0.15) is 0 Å². The number of hydrogen-bond donors (Lipinski definition) is 2. The quantitative estimate of drug-likeness (QED) is 0.0269. The molecule has 0 fully saturated rings. The molecule has 9 heterocycles. The van der Waals surface area contributed by atoms with Crippen LogP contribution in [0.2, 0.25) is 0 Å². The Morgan fingerprint density at radius 1 is 0.154 bits per heavy atom. The summed E-state index contributed by atoms with van der Waals surface area (Å²) in [4.78, 5) is 89.0. The normalized spacial score (nSPS) is 12.4. The first kappa shape index (κ1) is 89.9. The predicted octanol–water partition coefficient (Wildman–Crippen LogP) is 33.7. The van der Waals surface area contributed by atoms with Crippen molar-refractivity contribution in [2.75, 3.05) is 0 Å². The minimum absolute atomic E-state index is 0.291. The van der Waals surface area contributed by atoms with Gasteiger partial charge in [-0.25, -0.2) is 69.8 Å². The molecular formula is C120H130N16. The van der Waals surface area contributed by atoms with E-state index in [2.05, 4.69) is 208 Å². The summed E-state index contributed by atoms with van der Waals surface area (Å²) in [5.74, 6) is 1.17. The van der Waals surface area contributed by atoms with Crippen molar-refractivity contribution >= 4 is 175 Å². The summed E-state index contributed by atoms with van der Waals surface area (Å²) in [5.41, 5.74) is 16.5. The number of aromatic amines is 2. The molecule has 136 heavy (non-hydrogen) atoms. The number of hydrogen-bond acceptors (Lipinski definition) is 14. The first-order chi connectivity index (χ1) is 67.3. The fraction of sp³-hybridized carbons (Fsp3) is 0.400. The Bertz CT molecular complexity index is 7400. The van der Waals surface area contributed by atoms with Crippen LogP contribution in [-0.4, -0.2) is 79.7 Å². The molecule has 0 amide bonds. The second-order valence-electron chi connectivity index (χ2n) is 39.5. The lowest BCUT2D eigenvalue weighted by atomic mass is 9.96. The van der Waals surface area contributed by atoms with E-state index >= 15 is 0 Å². The number of unbranched alkanes of at least 4 members (excludes halogenated alkanes) is 36. The standard InChI is InChI=1S/C120H130N16/c1-5-9-13-17-21-25-29-33-37-41-53-77-65-69-85-81-57-45-49-61-89(81)97-101(93(85)73-77)125-109-105(121-97)113-129-117(109)133-114-106-110(126-102-94-74-78(54-42-38-34-30-26-22-18-14-10-6-2)66-70-86(94)82-58-46-50-62-90(82)98(102)122-106)119(130-114)135-116-108-112(128-104-96-76-80(56-44-40-36-32-28-24-20-16-12-8-4)68-72-88(96)84-60-48-52-64-92(84)100(104)124-108)120(132-116)136-115-107-111(118(131-115)134-113)127-103-95-75-79(55-43-39-35-31-27-23-19-15-11-7-3)67-71-87(95)83-59-47-51-63-91(83)99(103)123-107/h45-52,57-76H,5-44,53-56H2,1-4H3,(H2,129,130,131,132,133,134,135,136). The molecule has 2 aliphatic heterocycles. The minimum atomic E-state index is 0.291. The van der Waals surface area contributed by atoms with Crippen LogP contribution in [0.3, 0.4) is 0 Å². The van der Waals surface area contributed by atoms with Gasteiger partial charge in [0.25, 0.3) is 0 Å². The van der Waals surface area contributed by atoms with Crippen LogP contribution in [-0.2, 0) is 25.7 Å². The summed E-state index contributed by atoms with van der Waals surface area (Å²) in [6, 6.07) is 62.5. The fourth-order valence-electron chi connectivity index (χ4n) is 22.1. The highest BCUT2D eigenvalue weighted by Crippen LogP contribution is 2.46. The van der Waals surface area contributed by atoms with Gasteiger partial charge in [0.2, 0.25) is 0 Å². The molecule has 2 N–H and O–H groups in total. The minimum Gasteiger partial charge on any atom is -0.321 e. The van der Waals surface area contributed by atoms with Gasteiger partial charge in [0.05, 0.1) is 44.1 Å². The number of benzene rings is 12. The summed E-state index contributed by atoms with van der Waals surface area (Å²) in [6.45, 7) is 9.18. The molecule has 7 aromatic heterocycles. The van der Waals surface area contributed by atoms with E-state index in [4.69, 9.17) is 69.8 Å². The molecule has 2 aliphatic rings. The molecule has 21 rings (SSSR count). The monoisotopic (exact) mass is 1800 g/mol. The van der Waals surface area contributed by atoms with E-state index in [9.17, 15) is 0 Å². The third-order valence-electron chi connectivity index (χ3n) is 29.6. The van der Waals surface area contributed by atoms with Crippen molar-refractivity contribution in [2.45, 2.75) is 310 Å². The van der Waals surface area contributed by atoms with Crippen LogP contribution in [0.5, 0.6) is 0 Å². The Morgan fingerprint density at radius 3 is 0.551 bits per heavy atom. The third kappa shape index (κ3) is 18.6. The Hall–Kier alpha value is -12.6. The van der Waals surface area contributed by atoms with Crippen molar-refractivity contribution in [3.05, 3.63) is 192 Å². The molecule has 0 saturated heterocycles. The summed E-state index contributed by atoms with van der Waals surface area (Å²) < 4.78 is 0. The van der Waals surface area contributed by atoms with Crippen molar-refractivity contribution < 1.29 is 0 Å². The SMILES string of the molecule is CCCCCCCCCCCCc1ccc2c3ccccc3c3nc4c(nc3c2c1)-c1nc-4nc2[nH]c(nc3nc(nc4[nH]c(n1)c1nc5c6ccccc6c6ccc(CCCCCCCCCCCC)cc6c5nc41)-c1nc4c5ccccc5c5ccc(CCCCCCCCCCCC)cc5c4nc1-3)c1nc3c4ccccc4c4ccc(CCCCCCCCCCCC)cc4c3nc21. The molecule has 16 nitrogen and oxygen atoms in total. The number of nitrogens with zero attached hydrogens (tertiary/aromatic N) is 14. The molecule has 0 aliphatic carbocycles. The predicted molar refractivity (Wildman–Crippen MR) is 571 cm³/mol.